The van der Waals surface area contributed by atoms with E-state index in [0.29, 0.717) is 12.3 Å². The van der Waals surface area contributed by atoms with Gasteiger partial charge in [-0.05, 0) is 17.9 Å². The van der Waals surface area contributed by atoms with Crippen LogP contribution in [0.4, 0.5) is 0 Å². The molecule has 0 aliphatic rings. The molecule has 5 N–H and O–H groups in total. The Morgan fingerprint density at radius 2 is 1.88 bits per heavy atom. The lowest BCUT2D eigenvalue weighted by Crippen LogP contribution is -2.50. The number of nitrogens with two attached hydrogens (primary N) is 1. The molecule has 1 aromatic carbocycles. The van der Waals surface area contributed by atoms with Crippen molar-refractivity contribution in [3.05, 3.63) is 35.9 Å². The van der Waals surface area contributed by atoms with Gasteiger partial charge in [0.15, 0.2) is 0 Å². The maximum atomic E-state index is 13.1. The number of carbonyl (C=O) groups excluding carboxylic acids is 1. The first-order valence-electron chi connectivity index (χ1n) is 11.4. The van der Waals surface area contributed by atoms with E-state index in [1.807, 2.05) is 30.3 Å². The highest BCUT2D eigenvalue weighted by atomic mass is 32.2. The second kappa shape index (κ2) is 15.4. The third-order valence-corrected chi connectivity index (χ3v) is 7.08. The molecule has 34 heavy (non-hydrogen) atoms. The van der Waals surface area contributed by atoms with Crippen molar-refractivity contribution in [3.8, 4) is 0 Å². The molecule has 11 heteroatoms. The first kappa shape index (κ1) is 30.4. The van der Waals surface area contributed by atoms with Gasteiger partial charge in [-0.2, -0.15) is 12.6 Å². The largest absolute Gasteiger partial charge is 0.480 e. The number of hydrogen-bond acceptors (Lipinski definition) is 8. The Kier molecular flexibility index (Phi) is 13.7. The zero-order valence-electron chi connectivity index (χ0n) is 20.1. The number of nitrogens with one attached hydrogen (secondary N) is 2. The van der Waals surface area contributed by atoms with Crippen molar-refractivity contribution < 1.29 is 27.9 Å². The van der Waals surface area contributed by atoms with E-state index in [9.17, 15) is 23.1 Å². The van der Waals surface area contributed by atoms with Gasteiger partial charge in [0.25, 0.3) is 0 Å². The van der Waals surface area contributed by atoms with E-state index in [1.54, 1.807) is 0 Å². The van der Waals surface area contributed by atoms with Gasteiger partial charge in [0, 0.05) is 37.1 Å². The normalized spacial score (nSPS) is 16.3. The van der Waals surface area contributed by atoms with Crippen LogP contribution in [0.15, 0.2) is 30.3 Å². The van der Waals surface area contributed by atoms with Gasteiger partial charge in [0.2, 0.25) is 5.91 Å². The SMILES string of the molecule is CC[C@@H](C)[C@@H](CO[C@@H](Cc1ccccc1)C(=O)N[C@@H](CCS(C)(=O)=O)C(=O)O)NC[C@H](N)CS. The highest BCUT2D eigenvalue weighted by Crippen LogP contribution is 2.13. The Morgan fingerprint density at radius 1 is 1.24 bits per heavy atom. The summed E-state index contributed by atoms with van der Waals surface area (Å²) in [6, 6.07) is 7.75. The number of rotatable bonds is 17. The Bertz CT molecular complexity index is 854. The molecule has 0 spiro atoms. The van der Waals surface area contributed by atoms with Gasteiger partial charge in [0.05, 0.1) is 12.4 Å². The molecular weight excluding hydrogens is 478 g/mol. The van der Waals surface area contributed by atoms with Gasteiger partial charge in [-0.25, -0.2) is 13.2 Å². The highest BCUT2D eigenvalue weighted by molar-refractivity contribution is 7.90. The summed E-state index contributed by atoms with van der Waals surface area (Å²) < 4.78 is 29.0. The van der Waals surface area contributed by atoms with Gasteiger partial charge in [-0.3, -0.25) is 4.79 Å². The number of sulfone groups is 1. The fourth-order valence-electron chi connectivity index (χ4n) is 3.21. The molecule has 1 aromatic rings. The Hall–Kier alpha value is -1.66. The summed E-state index contributed by atoms with van der Waals surface area (Å²) in [4.78, 5) is 24.7. The average molecular weight is 518 g/mol. The first-order chi connectivity index (χ1) is 16.0. The van der Waals surface area contributed by atoms with E-state index in [-0.39, 0.29) is 43.2 Å². The van der Waals surface area contributed by atoms with Gasteiger partial charge in [-0.15, -0.1) is 0 Å². The van der Waals surface area contributed by atoms with E-state index < -0.39 is 33.9 Å². The minimum absolute atomic E-state index is 0.0671. The maximum Gasteiger partial charge on any atom is 0.326 e. The molecule has 1 rings (SSSR count). The van der Waals surface area contributed by atoms with Crippen LogP contribution in [0.3, 0.4) is 0 Å². The van der Waals surface area contributed by atoms with Crippen LogP contribution in [0.1, 0.15) is 32.3 Å². The molecule has 0 radical (unpaired) electrons. The molecule has 9 nitrogen and oxygen atoms in total. The van der Waals surface area contributed by atoms with Crippen LogP contribution in [0.5, 0.6) is 0 Å². The number of thiol groups is 1. The first-order valence-corrected chi connectivity index (χ1v) is 14.1. The lowest BCUT2D eigenvalue weighted by molar-refractivity contribution is -0.144. The van der Waals surface area contributed by atoms with Crippen LogP contribution in [0.2, 0.25) is 0 Å². The van der Waals surface area contributed by atoms with Crippen LogP contribution < -0.4 is 16.4 Å². The maximum absolute atomic E-state index is 13.1. The summed E-state index contributed by atoms with van der Waals surface area (Å²) >= 11 is 4.21. The van der Waals surface area contributed by atoms with E-state index in [1.165, 1.54) is 0 Å². The molecule has 0 fully saturated rings. The summed E-state index contributed by atoms with van der Waals surface area (Å²) in [6.07, 6.45) is 0.982. The molecular formula is C23H39N3O6S2. The number of carboxylic acids is 1. The molecule has 0 aromatic heterocycles. The van der Waals surface area contributed by atoms with Gasteiger partial charge >= 0.3 is 5.97 Å². The summed E-state index contributed by atoms with van der Waals surface area (Å²) in [6.45, 7) is 4.90. The molecule has 0 saturated carbocycles. The van der Waals surface area contributed by atoms with Crippen molar-refractivity contribution in [1.82, 2.24) is 10.6 Å². The number of benzene rings is 1. The molecule has 5 atom stereocenters. The molecule has 0 unspecified atom stereocenters. The Morgan fingerprint density at radius 3 is 2.41 bits per heavy atom. The minimum Gasteiger partial charge on any atom is -0.480 e. The summed E-state index contributed by atoms with van der Waals surface area (Å²) in [7, 11) is -3.38. The highest BCUT2D eigenvalue weighted by Gasteiger charge is 2.28. The zero-order valence-corrected chi connectivity index (χ0v) is 21.9. The van der Waals surface area contributed by atoms with Gasteiger partial charge in [-0.1, -0.05) is 50.6 Å². The monoisotopic (exact) mass is 517 g/mol. The molecule has 0 aliphatic heterocycles. The van der Waals surface area contributed by atoms with Crippen molar-refractivity contribution in [2.24, 2.45) is 11.7 Å². The van der Waals surface area contributed by atoms with Crippen LogP contribution in [-0.4, -0.2) is 80.5 Å². The van der Waals surface area contributed by atoms with Crippen LogP contribution in [-0.2, 0) is 30.6 Å². The number of carbonyl (C=O) groups is 2. The number of hydrogen-bond donors (Lipinski definition) is 5. The summed E-state index contributed by atoms with van der Waals surface area (Å²) in [5.74, 6) is -1.46. The predicted molar refractivity (Wildman–Crippen MR) is 137 cm³/mol. The lowest BCUT2D eigenvalue weighted by Gasteiger charge is -2.28. The predicted octanol–water partition coefficient (Wildman–Crippen LogP) is 0.880. The van der Waals surface area contributed by atoms with Crippen molar-refractivity contribution in [3.63, 3.8) is 0 Å². The van der Waals surface area contributed by atoms with Crippen molar-refractivity contribution in [2.75, 3.05) is 30.9 Å². The second-order valence-electron chi connectivity index (χ2n) is 8.67. The fourth-order valence-corrected chi connectivity index (χ4v) is 4.00. The van der Waals surface area contributed by atoms with E-state index in [4.69, 9.17) is 10.5 Å². The van der Waals surface area contributed by atoms with Gasteiger partial charge in [0.1, 0.15) is 22.0 Å². The van der Waals surface area contributed by atoms with Crippen LogP contribution >= 0.6 is 12.6 Å². The van der Waals surface area contributed by atoms with E-state index in [0.717, 1.165) is 18.2 Å². The quantitative estimate of drug-likeness (QED) is 0.191. The van der Waals surface area contributed by atoms with E-state index >= 15 is 0 Å². The summed E-state index contributed by atoms with van der Waals surface area (Å²) in [5.41, 5.74) is 6.83. The Balaban J connectivity index is 2.97. The topological polar surface area (TPSA) is 148 Å². The molecule has 0 aliphatic carbocycles. The molecule has 0 bridgehead atoms. The van der Waals surface area contributed by atoms with Gasteiger partial charge < -0.3 is 26.2 Å². The van der Waals surface area contributed by atoms with Crippen molar-refractivity contribution in [2.45, 2.75) is 57.3 Å². The third-order valence-electron chi connectivity index (χ3n) is 5.63. The van der Waals surface area contributed by atoms with E-state index in [2.05, 4.69) is 37.1 Å². The van der Waals surface area contributed by atoms with Crippen molar-refractivity contribution in [1.29, 1.82) is 0 Å². The number of aliphatic carboxylic acids is 1. The number of carboxylic acid groups (broad SMARTS) is 1. The van der Waals surface area contributed by atoms with Crippen LogP contribution in [0, 0.1) is 5.92 Å². The lowest BCUT2D eigenvalue weighted by atomic mass is 9.99. The molecule has 0 saturated heterocycles. The zero-order chi connectivity index (χ0) is 25.7. The number of amides is 1. The standard InChI is InChI=1S/C23H39N3O6S2/c1-4-16(2)20(25-13-18(24)15-33)14-32-21(12-17-8-6-5-7-9-17)22(27)26-19(23(28)29)10-11-34(3,30)31/h5-9,16,18-21,25,33H,4,10-15,24H2,1-3H3,(H,26,27)(H,28,29)/t16-,18+,19+,20-,21+/m1/s1. The summed E-state index contributed by atoms with van der Waals surface area (Å²) in [5, 5.41) is 15.3. The smallest absolute Gasteiger partial charge is 0.326 e. The average Bonchev–Trinajstić information content (AvgIpc) is 2.79. The number of ether oxygens (including phenoxy) is 1. The van der Waals surface area contributed by atoms with Crippen LogP contribution in [0.25, 0.3) is 0 Å². The molecule has 0 heterocycles. The third kappa shape index (κ3) is 12.2. The Labute approximate surface area is 208 Å². The fraction of sp³-hybridized carbons (Fsp3) is 0.652. The molecule has 1 amide bonds. The minimum atomic E-state index is -3.38. The second-order valence-corrected chi connectivity index (χ2v) is 11.3. The van der Waals surface area contributed by atoms with Crippen molar-refractivity contribution >= 4 is 34.3 Å². The molecule has 194 valence electrons.